The zero-order valence-corrected chi connectivity index (χ0v) is 11.0. The van der Waals surface area contributed by atoms with E-state index < -0.39 is 12.6 Å². The molecule has 0 aliphatic rings. The lowest BCUT2D eigenvalue weighted by Crippen LogP contribution is -2.16. The highest BCUT2D eigenvalue weighted by Gasteiger charge is 2.25. The summed E-state index contributed by atoms with van der Waals surface area (Å²) in [6.07, 6.45) is -4.02. The van der Waals surface area contributed by atoms with Crippen LogP contribution in [-0.4, -0.2) is 12.7 Å². The number of benzene rings is 1. The standard InChI is InChI=1S/C13H17ClF3N/c1-10-8-12(14)5-4-11(10)9-18-7-3-2-6-13(15,16)17/h4-5,8,18H,2-3,6-7,9H2,1H3. The van der Waals surface area contributed by atoms with E-state index in [-0.39, 0.29) is 6.42 Å². The normalized spacial score (nSPS) is 11.8. The van der Waals surface area contributed by atoms with Crippen LogP contribution < -0.4 is 5.32 Å². The molecular formula is C13H17ClF3N. The van der Waals surface area contributed by atoms with Crippen LogP contribution in [0, 0.1) is 6.92 Å². The second-order valence-corrected chi connectivity index (χ2v) is 4.76. The predicted octanol–water partition coefficient (Wildman–Crippen LogP) is 4.47. The summed E-state index contributed by atoms with van der Waals surface area (Å²) in [4.78, 5) is 0. The lowest BCUT2D eigenvalue weighted by Gasteiger charge is -2.09. The van der Waals surface area contributed by atoms with Crippen LogP contribution in [0.15, 0.2) is 18.2 Å². The van der Waals surface area contributed by atoms with E-state index in [0.717, 1.165) is 11.1 Å². The maximum absolute atomic E-state index is 11.9. The van der Waals surface area contributed by atoms with Gasteiger partial charge in [0.15, 0.2) is 0 Å². The number of aryl methyl sites for hydroxylation is 1. The molecule has 0 aliphatic heterocycles. The van der Waals surface area contributed by atoms with Crippen LogP contribution in [-0.2, 0) is 6.54 Å². The van der Waals surface area contributed by atoms with Crippen LogP contribution in [0.1, 0.15) is 30.4 Å². The summed E-state index contributed by atoms with van der Waals surface area (Å²) >= 11 is 5.84. The molecule has 1 rings (SSSR count). The van der Waals surface area contributed by atoms with Crippen molar-refractivity contribution in [3.05, 3.63) is 34.3 Å². The summed E-state index contributed by atoms with van der Waals surface area (Å²) in [5.74, 6) is 0. The molecule has 0 amide bonds. The van der Waals surface area contributed by atoms with Crippen molar-refractivity contribution in [1.29, 1.82) is 0 Å². The summed E-state index contributed by atoms with van der Waals surface area (Å²) in [6.45, 7) is 3.22. The molecule has 0 bridgehead atoms. The highest BCUT2D eigenvalue weighted by molar-refractivity contribution is 6.30. The van der Waals surface area contributed by atoms with Gasteiger partial charge in [-0.1, -0.05) is 17.7 Å². The molecule has 0 heterocycles. The molecule has 5 heteroatoms. The first-order valence-corrected chi connectivity index (χ1v) is 6.29. The highest BCUT2D eigenvalue weighted by Crippen LogP contribution is 2.21. The molecule has 1 aromatic rings. The lowest BCUT2D eigenvalue weighted by atomic mass is 10.1. The molecular weight excluding hydrogens is 263 g/mol. The van der Waals surface area contributed by atoms with E-state index in [0.29, 0.717) is 24.5 Å². The Balaban J connectivity index is 2.18. The third-order valence-electron chi connectivity index (χ3n) is 2.68. The fraction of sp³-hybridized carbons (Fsp3) is 0.538. The van der Waals surface area contributed by atoms with Gasteiger partial charge in [0.25, 0.3) is 0 Å². The van der Waals surface area contributed by atoms with Crippen LogP contribution in [0.2, 0.25) is 5.02 Å². The average molecular weight is 280 g/mol. The highest BCUT2D eigenvalue weighted by atomic mass is 35.5. The van der Waals surface area contributed by atoms with Crippen LogP contribution >= 0.6 is 11.6 Å². The van der Waals surface area contributed by atoms with Gasteiger partial charge >= 0.3 is 6.18 Å². The molecule has 0 saturated heterocycles. The zero-order valence-electron chi connectivity index (χ0n) is 10.3. The Labute approximate surface area is 110 Å². The monoisotopic (exact) mass is 279 g/mol. The average Bonchev–Trinajstić information content (AvgIpc) is 2.24. The van der Waals surface area contributed by atoms with E-state index in [2.05, 4.69) is 5.32 Å². The second kappa shape index (κ2) is 7.00. The van der Waals surface area contributed by atoms with Crippen molar-refractivity contribution in [3.63, 3.8) is 0 Å². The van der Waals surface area contributed by atoms with Crippen molar-refractivity contribution >= 4 is 11.6 Å². The zero-order chi connectivity index (χ0) is 13.6. The van der Waals surface area contributed by atoms with Crippen LogP contribution in [0.5, 0.6) is 0 Å². The second-order valence-electron chi connectivity index (χ2n) is 4.32. The molecule has 1 N–H and O–H groups in total. The van der Waals surface area contributed by atoms with Crippen molar-refractivity contribution in [3.8, 4) is 0 Å². The minimum atomic E-state index is -4.03. The van der Waals surface area contributed by atoms with E-state index in [4.69, 9.17) is 11.6 Å². The summed E-state index contributed by atoms with van der Waals surface area (Å²) in [6, 6.07) is 5.62. The number of unbranched alkanes of at least 4 members (excludes halogenated alkanes) is 1. The van der Waals surface area contributed by atoms with E-state index in [1.165, 1.54) is 0 Å². The Morgan fingerprint density at radius 3 is 2.56 bits per heavy atom. The van der Waals surface area contributed by atoms with E-state index >= 15 is 0 Å². The molecule has 1 nitrogen and oxygen atoms in total. The molecule has 102 valence electrons. The largest absolute Gasteiger partial charge is 0.389 e. The van der Waals surface area contributed by atoms with E-state index in [9.17, 15) is 13.2 Å². The molecule has 0 aromatic heterocycles. The fourth-order valence-electron chi connectivity index (χ4n) is 1.66. The smallest absolute Gasteiger partial charge is 0.313 e. The van der Waals surface area contributed by atoms with Gasteiger partial charge in [0.2, 0.25) is 0 Å². The molecule has 18 heavy (non-hydrogen) atoms. The summed E-state index contributed by atoms with van der Waals surface area (Å²) in [7, 11) is 0. The van der Waals surface area contributed by atoms with Crippen molar-refractivity contribution in [2.75, 3.05) is 6.54 Å². The number of hydrogen-bond acceptors (Lipinski definition) is 1. The minimum Gasteiger partial charge on any atom is -0.313 e. The number of hydrogen-bond donors (Lipinski definition) is 1. The van der Waals surface area contributed by atoms with Gasteiger partial charge in [0.05, 0.1) is 0 Å². The van der Waals surface area contributed by atoms with Gasteiger partial charge < -0.3 is 5.32 Å². The molecule has 0 atom stereocenters. The Morgan fingerprint density at radius 2 is 1.94 bits per heavy atom. The van der Waals surface area contributed by atoms with Crippen LogP contribution in [0.25, 0.3) is 0 Å². The Morgan fingerprint density at radius 1 is 1.22 bits per heavy atom. The minimum absolute atomic E-state index is 0.177. The van der Waals surface area contributed by atoms with Gasteiger partial charge in [-0.3, -0.25) is 0 Å². The first-order chi connectivity index (χ1) is 8.38. The van der Waals surface area contributed by atoms with Crippen molar-refractivity contribution in [2.45, 2.75) is 38.9 Å². The molecule has 1 aromatic carbocycles. The first kappa shape index (κ1) is 15.3. The maximum atomic E-state index is 11.9. The number of halogens is 4. The van der Waals surface area contributed by atoms with Gasteiger partial charge in [-0.15, -0.1) is 0 Å². The Hall–Kier alpha value is -0.740. The summed E-state index contributed by atoms with van der Waals surface area (Å²) < 4.78 is 35.7. The topological polar surface area (TPSA) is 12.0 Å². The van der Waals surface area contributed by atoms with Crippen molar-refractivity contribution in [2.24, 2.45) is 0 Å². The van der Waals surface area contributed by atoms with Crippen LogP contribution in [0.4, 0.5) is 13.2 Å². The number of alkyl halides is 3. The molecule has 0 radical (unpaired) electrons. The van der Waals surface area contributed by atoms with Gasteiger partial charge in [-0.25, -0.2) is 0 Å². The van der Waals surface area contributed by atoms with E-state index in [1.54, 1.807) is 0 Å². The Bertz CT molecular complexity index is 377. The van der Waals surface area contributed by atoms with E-state index in [1.807, 2.05) is 25.1 Å². The SMILES string of the molecule is Cc1cc(Cl)ccc1CNCCCCC(F)(F)F. The van der Waals surface area contributed by atoms with Crippen molar-refractivity contribution < 1.29 is 13.2 Å². The van der Waals surface area contributed by atoms with Gasteiger partial charge in [-0.05, 0) is 49.6 Å². The van der Waals surface area contributed by atoms with Crippen LogP contribution in [0.3, 0.4) is 0 Å². The molecule has 0 fully saturated rings. The van der Waals surface area contributed by atoms with Crippen molar-refractivity contribution in [1.82, 2.24) is 5.32 Å². The molecule has 0 aliphatic carbocycles. The third kappa shape index (κ3) is 6.26. The Kier molecular flexibility index (Phi) is 5.96. The fourth-order valence-corrected chi connectivity index (χ4v) is 1.88. The maximum Gasteiger partial charge on any atom is 0.389 e. The van der Waals surface area contributed by atoms with Gasteiger partial charge in [0, 0.05) is 18.0 Å². The third-order valence-corrected chi connectivity index (χ3v) is 2.92. The quantitative estimate of drug-likeness (QED) is 0.758. The first-order valence-electron chi connectivity index (χ1n) is 5.91. The number of nitrogens with one attached hydrogen (secondary N) is 1. The lowest BCUT2D eigenvalue weighted by molar-refractivity contribution is -0.135. The van der Waals surface area contributed by atoms with Gasteiger partial charge in [0.1, 0.15) is 0 Å². The van der Waals surface area contributed by atoms with Gasteiger partial charge in [-0.2, -0.15) is 13.2 Å². The molecule has 0 unspecified atom stereocenters. The molecule has 0 spiro atoms. The molecule has 0 saturated carbocycles. The summed E-state index contributed by atoms with van der Waals surface area (Å²) in [5, 5.41) is 3.83. The number of rotatable bonds is 6. The predicted molar refractivity (Wildman–Crippen MR) is 67.8 cm³/mol. The summed E-state index contributed by atoms with van der Waals surface area (Å²) in [5.41, 5.74) is 2.21.